The molecule has 2 N–H and O–H groups in total. The standard InChI is InChI=1S/C21H26ClN3O2/c1-16(21(26)23-15-17-7-9-18(27-2)10-8-17)24-11-13-25(14-12-24)20-6-4-3-5-19(20)22/h3-10,16H,11-15H2,1-2H3,(H,23,26)/p+1/t16-/m0/s1. The van der Waals surface area contributed by atoms with Crippen molar-refractivity contribution in [2.45, 2.75) is 19.5 Å². The molecule has 2 aromatic carbocycles. The average Bonchev–Trinajstić information content (AvgIpc) is 2.72. The summed E-state index contributed by atoms with van der Waals surface area (Å²) in [6, 6.07) is 15.6. The molecule has 0 unspecified atom stereocenters. The minimum Gasteiger partial charge on any atom is -0.497 e. The van der Waals surface area contributed by atoms with Crippen LogP contribution in [-0.4, -0.2) is 45.2 Å². The second kappa shape index (κ2) is 9.11. The number of hydrogen-bond donors (Lipinski definition) is 2. The highest BCUT2D eigenvalue weighted by Crippen LogP contribution is 2.24. The molecule has 1 fully saturated rings. The van der Waals surface area contributed by atoms with Crippen molar-refractivity contribution < 1.29 is 14.4 Å². The molecule has 1 amide bonds. The Morgan fingerprint density at radius 2 is 1.85 bits per heavy atom. The highest BCUT2D eigenvalue weighted by molar-refractivity contribution is 6.33. The number of para-hydroxylation sites is 1. The lowest BCUT2D eigenvalue weighted by molar-refractivity contribution is -0.914. The molecule has 1 aliphatic heterocycles. The molecule has 1 aliphatic rings. The van der Waals surface area contributed by atoms with Gasteiger partial charge in [-0.05, 0) is 36.8 Å². The van der Waals surface area contributed by atoms with Gasteiger partial charge in [0.15, 0.2) is 6.04 Å². The van der Waals surface area contributed by atoms with Gasteiger partial charge in [0.1, 0.15) is 5.75 Å². The number of nitrogens with one attached hydrogen (secondary N) is 2. The lowest BCUT2D eigenvalue weighted by Gasteiger charge is -2.36. The van der Waals surface area contributed by atoms with Crippen molar-refractivity contribution in [1.29, 1.82) is 0 Å². The molecular weight excluding hydrogens is 362 g/mol. The van der Waals surface area contributed by atoms with Gasteiger partial charge in [-0.3, -0.25) is 4.79 Å². The Kier molecular flexibility index (Phi) is 6.58. The summed E-state index contributed by atoms with van der Waals surface area (Å²) >= 11 is 6.31. The number of hydrogen-bond acceptors (Lipinski definition) is 3. The van der Waals surface area contributed by atoms with Gasteiger partial charge in [-0.2, -0.15) is 0 Å². The summed E-state index contributed by atoms with van der Waals surface area (Å²) in [5.74, 6) is 0.909. The second-order valence-electron chi connectivity index (χ2n) is 6.88. The van der Waals surface area contributed by atoms with Crippen LogP contribution < -0.4 is 19.9 Å². The fourth-order valence-corrected chi connectivity index (χ4v) is 3.70. The third-order valence-corrected chi connectivity index (χ3v) is 5.55. The van der Waals surface area contributed by atoms with E-state index in [1.807, 2.05) is 49.4 Å². The molecule has 6 heteroatoms. The Bertz CT molecular complexity index is 758. The van der Waals surface area contributed by atoms with E-state index in [1.165, 1.54) is 4.90 Å². The predicted molar refractivity (Wildman–Crippen MR) is 109 cm³/mol. The van der Waals surface area contributed by atoms with E-state index in [9.17, 15) is 4.79 Å². The Morgan fingerprint density at radius 1 is 1.19 bits per heavy atom. The number of anilines is 1. The number of amides is 1. The Labute approximate surface area is 165 Å². The van der Waals surface area contributed by atoms with Gasteiger partial charge in [0.05, 0.1) is 44.0 Å². The molecule has 2 aromatic rings. The third-order valence-electron chi connectivity index (χ3n) is 5.23. The fourth-order valence-electron chi connectivity index (χ4n) is 3.45. The molecule has 0 aliphatic carbocycles. The molecule has 1 saturated heterocycles. The molecule has 3 rings (SSSR count). The van der Waals surface area contributed by atoms with E-state index in [-0.39, 0.29) is 11.9 Å². The second-order valence-corrected chi connectivity index (χ2v) is 7.29. The minimum absolute atomic E-state index is 0.0726. The SMILES string of the molecule is COc1ccc(CNC(=O)[C@H](C)[NH+]2CCN(c3ccccc3Cl)CC2)cc1. The molecule has 5 nitrogen and oxygen atoms in total. The topological polar surface area (TPSA) is 46.0 Å². The molecular formula is C21H27ClN3O2+. The molecule has 0 spiro atoms. The number of ether oxygens (including phenoxy) is 1. The summed E-state index contributed by atoms with van der Waals surface area (Å²) in [5, 5.41) is 3.83. The van der Waals surface area contributed by atoms with Crippen molar-refractivity contribution >= 4 is 23.2 Å². The van der Waals surface area contributed by atoms with Gasteiger partial charge >= 0.3 is 0 Å². The molecule has 0 aromatic heterocycles. The summed E-state index contributed by atoms with van der Waals surface area (Å²) < 4.78 is 5.16. The van der Waals surface area contributed by atoms with Crippen LogP contribution >= 0.6 is 11.6 Å². The molecule has 0 bridgehead atoms. The average molecular weight is 389 g/mol. The smallest absolute Gasteiger partial charge is 0.278 e. The Balaban J connectivity index is 1.48. The zero-order valence-electron chi connectivity index (χ0n) is 15.9. The Hall–Kier alpha value is -2.24. The molecule has 0 radical (unpaired) electrons. The number of methoxy groups -OCH3 is 1. The summed E-state index contributed by atoms with van der Waals surface area (Å²) in [6.45, 7) is 6.17. The van der Waals surface area contributed by atoms with E-state index < -0.39 is 0 Å². The monoisotopic (exact) mass is 388 g/mol. The summed E-state index contributed by atoms with van der Waals surface area (Å²) in [5.41, 5.74) is 2.14. The van der Waals surface area contributed by atoms with Crippen LogP contribution in [0.15, 0.2) is 48.5 Å². The van der Waals surface area contributed by atoms with E-state index in [0.29, 0.717) is 6.54 Å². The van der Waals surface area contributed by atoms with Crippen LogP contribution in [0.2, 0.25) is 5.02 Å². The van der Waals surface area contributed by atoms with Crippen LogP contribution in [0.1, 0.15) is 12.5 Å². The van der Waals surface area contributed by atoms with Gasteiger partial charge in [0, 0.05) is 6.54 Å². The first-order chi connectivity index (χ1) is 13.1. The number of nitrogens with zero attached hydrogens (tertiary/aromatic N) is 1. The maximum absolute atomic E-state index is 12.6. The van der Waals surface area contributed by atoms with Gasteiger partial charge in [-0.25, -0.2) is 0 Å². The number of rotatable bonds is 6. The molecule has 1 atom stereocenters. The maximum atomic E-state index is 12.6. The van der Waals surface area contributed by atoms with Crippen molar-refractivity contribution in [2.24, 2.45) is 0 Å². The number of quaternary nitrogens is 1. The third kappa shape index (κ3) is 4.93. The highest BCUT2D eigenvalue weighted by Gasteiger charge is 2.29. The van der Waals surface area contributed by atoms with Gasteiger partial charge in [0.2, 0.25) is 0 Å². The van der Waals surface area contributed by atoms with E-state index >= 15 is 0 Å². The molecule has 1 heterocycles. The van der Waals surface area contributed by atoms with Gasteiger partial charge < -0.3 is 19.9 Å². The molecule has 0 saturated carbocycles. The number of halogens is 1. The number of benzene rings is 2. The quantitative estimate of drug-likeness (QED) is 0.792. The van der Waals surface area contributed by atoms with E-state index in [0.717, 1.165) is 48.2 Å². The lowest BCUT2D eigenvalue weighted by atomic mass is 10.1. The van der Waals surface area contributed by atoms with Gasteiger partial charge in [-0.1, -0.05) is 35.9 Å². The van der Waals surface area contributed by atoms with Crippen molar-refractivity contribution in [3.05, 3.63) is 59.1 Å². The highest BCUT2D eigenvalue weighted by atomic mass is 35.5. The van der Waals surface area contributed by atoms with Crippen LogP contribution in [0.4, 0.5) is 5.69 Å². The van der Waals surface area contributed by atoms with E-state index in [1.54, 1.807) is 7.11 Å². The van der Waals surface area contributed by atoms with E-state index in [2.05, 4.69) is 16.3 Å². The first kappa shape index (κ1) is 19.5. The van der Waals surface area contributed by atoms with Crippen LogP contribution in [0, 0.1) is 0 Å². The van der Waals surface area contributed by atoms with E-state index in [4.69, 9.17) is 16.3 Å². The van der Waals surface area contributed by atoms with Gasteiger partial charge in [-0.15, -0.1) is 0 Å². The van der Waals surface area contributed by atoms with Crippen LogP contribution in [0.5, 0.6) is 5.75 Å². The normalized spacial score (nSPS) is 16.0. The minimum atomic E-state index is -0.0726. The number of carbonyl (C=O) groups is 1. The first-order valence-corrected chi connectivity index (χ1v) is 9.71. The summed E-state index contributed by atoms with van der Waals surface area (Å²) in [6.07, 6.45) is 0. The number of carbonyl (C=O) groups excluding carboxylic acids is 1. The largest absolute Gasteiger partial charge is 0.497 e. The fraction of sp³-hybridized carbons (Fsp3) is 0.381. The Morgan fingerprint density at radius 3 is 2.48 bits per heavy atom. The summed E-state index contributed by atoms with van der Waals surface area (Å²) in [4.78, 5) is 16.2. The van der Waals surface area contributed by atoms with Crippen LogP contribution in [-0.2, 0) is 11.3 Å². The van der Waals surface area contributed by atoms with Crippen molar-refractivity contribution in [2.75, 3.05) is 38.2 Å². The predicted octanol–water partition coefficient (Wildman–Crippen LogP) is 1.76. The maximum Gasteiger partial charge on any atom is 0.278 e. The van der Waals surface area contributed by atoms with Crippen LogP contribution in [0.25, 0.3) is 0 Å². The zero-order valence-corrected chi connectivity index (χ0v) is 16.6. The zero-order chi connectivity index (χ0) is 19.2. The lowest BCUT2D eigenvalue weighted by Crippen LogP contribution is -3.19. The molecule has 144 valence electrons. The van der Waals surface area contributed by atoms with Crippen molar-refractivity contribution in [3.63, 3.8) is 0 Å². The van der Waals surface area contributed by atoms with Gasteiger partial charge in [0.25, 0.3) is 5.91 Å². The number of piperazine rings is 1. The molecule has 27 heavy (non-hydrogen) atoms. The first-order valence-electron chi connectivity index (χ1n) is 9.33. The van der Waals surface area contributed by atoms with Crippen molar-refractivity contribution in [3.8, 4) is 5.75 Å². The van der Waals surface area contributed by atoms with Crippen LogP contribution in [0.3, 0.4) is 0 Å². The summed E-state index contributed by atoms with van der Waals surface area (Å²) in [7, 11) is 1.65. The van der Waals surface area contributed by atoms with Crippen molar-refractivity contribution in [1.82, 2.24) is 5.32 Å².